The normalized spacial score (nSPS) is 9.92. The van der Waals surface area contributed by atoms with Crippen molar-refractivity contribution in [1.82, 2.24) is 4.98 Å². The molecule has 0 N–H and O–H groups in total. The number of rotatable bonds is 1. The Hall–Kier alpha value is -1.50. The van der Waals surface area contributed by atoms with E-state index in [0.717, 1.165) is 0 Å². The van der Waals surface area contributed by atoms with E-state index in [0.29, 0.717) is 0 Å². The van der Waals surface area contributed by atoms with E-state index in [2.05, 4.69) is 4.98 Å². The summed E-state index contributed by atoms with van der Waals surface area (Å²) in [4.78, 5) is 3.68. The zero-order valence-corrected chi connectivity index (χ0v) is 6.38. The summed E-state index contributed by atoms with van der Waals surface area (Å²) in [7, 11) is 0. The Morgan fingerprint density at radius 1 is 1.58 bits per heavy atom. The van der Waals surface area contributed by atoms with Gasteiger partial charge in [0, 0.05) is 11.9 Å². The van der Waals surface area contributed by atoms with Gasteiger partial charge in [0.15, 0.2) is 0 Å². The van der Waals surface area contributed by atoms with E-state index in [1.54, 1.807) is 6.07 Å². The quantitative estimate of drug-likeness (QED) is 0.644. The lowest BCUT2D eigenvalue weighted by Crippen LogP contribution is -1.96. The highest BCUT2D eigenvalue weighted by atomic mass is 19.3. The van der Waals surface area contributed by atoms with Gasteiger partial charge in [-0.05, 0) is 13.0 Å². The van der Waals surface area contributed by atoms with Crippen LogP contribution < -0.4 is 0 Å². The Bertz CT molecular complexity index is 328. The zero-order valence-electron chi connectivity index (χ0n) is 6.38. The van der Waals surface area contributed by atoms with Crippen molar-refractivity contribution >= 4 is 0 Å². The summed E-state index contributed by atoms with van der Waals surface area (Å²) >= 11 is 0. The minimum atomic E-state index is -2.63. The summed E-state index contributed by atoms with van der Waals surface area (Å²) in [6.45, 7) is 1.46. The molecule has 1 aromatic heterocycles. The van der Waals surface area contributed by atoms with Gasteiger partial charge in [0.25, 0.3) is 6.43 Å². The second-order valence-corrected chi connectivity index (χ2v) is 2.27. The molecule has 0 aliphatic heterocycles. The molecule has 0 saturated heterocycles. The third-order valence-electron chi connectivity index (χ3n) is 1.53. The van der Waals surface area contributed by atoms with Crippen molar-refractivity contribution in [2.45, 2.75) is 13.3 Å². The summed E-state index contributed by atoms with van der Waals surface area (Å²) in [5.41, 5.74) is -0.0541. The lowest BCUT2D eigenvalue weighted by Gasteiger charge is -2.04. The Balaban J connectivity index is 3.32. The monoisotopic (exact) mass is 168 g/mol. The molecule has 0 bridgehead atoms. The van der Waals surface area contributed by atoms with Gasteiger partial charge in [0.05, 0.1) is 17.2 Å². The summed E-state index contributed by atoms with van der Waals surface area (Å²) in [6.07, 6.45) is -1.28. The van der Waals surface area contributed by atoms with Crippen LogP contribution >= 0.6 is 0 Å². The number of alkyl halides is 2. The van der Waals surface area contributed by atoms with Gasteiger partial charge < -0.3 is 0 Å². The van der Waals surface area contributed by atoms with Gasteiger partial charge >= 0.3 is 0 Å². The first-order valence-electron chi connectivity index (χ1n) is 3.30. The second-order valence-electron chi connectivity index (χ2n) is 2.27. The average molecular weight is 168 g/mol. The number of pyridine rings is 1. The van der Waals surface area contributed by atoms with E-state index in [1.807, 2.05) is 0 Å². The molecule has 0 fully saturated rings. The van der Waals surface area contributed by atoms with E-state index in [1.165, 1.54) is 19.2 Å². The van der Waals surface area contributed by atoms with Gasteiger partial charge in [-0.3, -0.25) is 4.98 Å². The number of nitrogens with zero attached hydrogens (tertiary/aromatic N) is 2. The molecule has 0 amide bonds. The molecule has 0 unspecified atom stereocenters. The molecule has 0 atom stereocenters. The Morgan fingerprint density at radius 3 is 2.67 bits per heavy atom. The van der Waals surface area contributed by atoms with Gasteiger partial charge in [-0.15, -0.1) is 0 Å². The molecular weight excluding hydrogens is 162 g/mol. The van der Waals surface area contributed by atoms with E-state index in [9.17, 15) is 8.78 Å². The number of nitriles is 1. The molecule has 2 nitrogen and oxygen atoms in total. The average Bonchev–Trinajstić information content (AvgIpc) is 2.03. The highest BCUT2D eigenvalue weighted by Crippen LogP contribution is 2.24. The maximum absolute atomic E-state index is 12.3. The summed E-state index contributed by atoms with van der Waals surface area (Å²) in [5, 5.41) is 8.48. The first kappa shape index (κ1) is 8.60. The van der Waals surface area contributed by atoms with Crippen LogP contribution in [0.25, 0.3) is 0 Å². The molecule has 1 aromatic rings. The van der Waals surface area contributed by atoms with Gasteiger partial charge in [-0.25, -0.2) is 8.78 Å². The molecule has 1 rings (SSSR count). The summed E-state index contributed by atoms with van der Waals surface area (Å²) < 4.78 is 24.6. The van der Waals surface area contributed by atoms with Crippen molar-refractivity contribution in [1.29, 1.82) is 5.26 Å². The van der Waals surface area contributed by atoms with Crippen LogP contribution in [0.15, 0.2) is 12.3 Å². The molecular formula is C8H6F2N2. The number of aryl methyl sites for hydroxylation is 1. The lowest BCUT2D eigenvalue weighted by atomic mass is 10.1. The predicted octanol–water partition coefficient (Wildman–Crippen LogP) is 2.20. The molecule has 0 aliphatic carbocycles. The Labute approximate surface area is 68.5 Å². The third kappa shape index (κ3) is 1.40. The van der Waals surface area contributed by atoms with Crippen LogP contribution in [0.2, 0.25) is 0 Å². The highest BCUT2D eigenvalue weighted by molar-refractivity contribution is 5.39. The smallest absolute Gasteiger partial charge is 0.261 e. The highest BCUT2D eigenvalue weighted by Gasteiger charge is 2.15. The van der Waals surface area contributed by atoms with Gasteiger partial charge in [-0.2, -0.15) is 5.26 Å². The largest absolute Gasteiger partial charge is 0.266 e. The number of hydrogen-bond acceptors (Lipinski definition) is 2. The van der Waals surface area contributed by atoms with E-state index in [4.69, 9.17) is 5.26 Å². The summed E-state index contributed by atoms with van der Waals surface area (Å²) in [6, 6.07) is 2.98. The Kier molecular flexibility index (Phi) is 2.34. The SMILES string of the molecule is Cc1nccc(C#N)c1C(F)F. The van der Waals surface area contributed by atoms with Gasteiger partial charge in [0.2, 0.25) is 0 Å². The molecule has 12 heavy (non-hydrogen) atoms. The molecule has 0 aromatic carbocycles. The maximum atomic E-state index is 12.3. The van der Waals surface area contributed by atoms with Crippen molar-refractivity contribution in [3.05, 3.63) is 29.1 Å². The van der Waals surface area contributed by atoms with Crippen LogP contribution in [0.1, 0.15) is 23.2 Å². The fraction of sp³-hybridized carbons (Fsp3) is 0.250. The minimum absolute atomic E-state index is 0.00231. The van der Waals surface area contributed by atoms with Crippen LogP contribution in [0.3, 0.4) is 0 Å². The van der Waals surface area contributed by atoms with E-state index in [-0.39, 0.29) is 16.8 Å². The van der Waals surface area contributed by atoms with Crippen LogP contribution in [0.4, 0.5) is 8.78 Å². The lowest BCUT2D eigenvalue weighted by molar-refractivity contribution is 0.149. The first-order chi connectivity index (χ1) is 5.66. The number of hydrogen-bond donors (Lipinski definition) is 0. The molecule has 4 heteroatoms. The minimum Gasteiger partial charge on any atom is -0.261 e. The fourth-order valence-corrected chi connectivity index (χ4v) is 0.951. The Morgan fingerprint density at radius 2 is 2.25 bits per heavy atom. The van der Waals surface area contributed by atoms with Crippen molar-refractivity contribution in [3.8, 4) is 6.07 Å². The van der Waals surface area contributed by atoms with Crippen molar-refractivity contribution < 1.29 is 8.78 Å². The molecule has 0 spiro atoms. The first-order valence-corrected chi connectivity index (χ1v) is 3.30. The second kappa shape index (κ2) is 3.26. The third-order valence-corrected chi connectivity index (χ3v) is 1.53. The standard InChI is InChI=1S/C8H6F2N2/c1-5-7(8(9)10)6(4-11)2-3-12-5/h2-3,8H,1H3. The topological polar surface area (TPSA) is 36.7 Å². The van der Waals surface area contributed by atoms with Gasteiger partial charge in [0.1, 0.15) is 0 Å². The predicted molar refractivity (Wildman–Crippen MR) is 38.6 cm³/mol. The van der Waals surface area contributed by atoms with Crippen LogP contribution in [-0.2, 0) is 0 Å². The fourth-order valence-electron chi connectivity index (χ4n) is 0.951. The molecule has 62 valence electrons. The van der Waals surface area contributed by atoms with Crippen LogP contribution in [0, 0.1) is 18.3 Å². The van der Waals surface area contributed by atoms with Crippen molar-refractivity contribution in [2.75, 3.05) is 0 Å². The van der Waals surface area contributed by atoms with Crippen molar-refractivity contribution in [2.24, 2.45) is 0 Å². The van der Waals surface area contributed by atoms with E-state index < -0.39 is 6.43 Å². The summed E-state index contributed by atoms with van der Waals surface area (Å²) in [5.74, 6) is 0. The maximum Gasteiger partial charge on any atom is 0.266 e. The van der Waals surface area contributed by atoms with E-state index >= 15 is 0 Å². The molecule has 0 saturated carbocycles. The van der Waals surface area contributed by atoms with Crippen LogP contribution in [0.5, 0.6) is 0 Å². The van der Waals surface area contributed by atoms with Crippen LogP contribution in [-0.4, -0.2) is 4.98 Å². The number of aromatic nitrogens is 1. The molecule has 1 heterocycles. The molecule has 0 radical (unpaired) electrons. The van der Waals surface area contributed by atoms with Gasteiger partial charge in [-0.1, -0.05) is 0 Å². The van der Waals surface area contributed by atoms with Crippen molar-refractivity contribution in [3.63, 3.8) is 0 Å². The number of halogens is 2. The zero-order chi connectivity index (χ0) is 9.14. The molecule has 0 aliphatic rings.